The Labute approximate surface area is 197 Å². The number of likely N-dealkylation sites (tertiary alicyclic amines) is 2. The molecule has 1 spiro atoms. The molecule has 2 aliphatic rings. The maximum Gasteiger partial charge on any atom is 0.410 e. The van der Waals surface area contributed by atoms with Crippen molar-refractivity contribution in [3.8, 4) is 0 Å². The molecule has 0 N–H and O–H groups in total. The number of hydrogen-bond donors (Lipinski definition) is 0. The molecule has 0 bridgehead atoms. The van der Waals surface area contributed by atoms with Crippen LogP contribution in [0.3, 0.4) is 0 Å². The Bertz CT molecular complexity index is 927. The minimum Gasteiger partial charge on any atom is -0.444 e. The molecule has 0 aromatic heterocycles. The van der Waals surface area contributed by atoms with E-state index in [1.54, 1.807) is 0 Å². The summed E-state index contributed by atoms with van der Waals surface area (Å²) in [6.07, 6.45) is 4.12. The fraction of sp³-hybridized carbons (Fsp3) is 0.519. The highest BCUT2D eigenvalue weighted by Gasteiger charge is 2.41. The maximum absolute atomic E-state index is 12.4. The van der Waals surface area contributed by atoms with Gasteiger partial charge in [-0.25, -0.2) is 4.79 Å². The quantitative estimate of drug-likeness (QED) is 0.555. The van der Waals surface area contributed by atoms with Crippen LogP contribution in [0, 0.1) is 5.41 Å². The van der Waals surface area contributed by atoms with Gasteiger partial charge in [0.2, 0.25) is 0 Å². The van der Waals surface area contributed by atoms with Crippen LogP contribution in [-0.2, 0) is 17.7 Å². The number of rotatable bonds is 4. The van der Waals surface area contributed by atoms with Gasteiger partial charge in [0.1, 0.15) is 5.60 Å². The first-order valence-electron chi connectivity index (χ1n) is 11.7. The average Bonchev–Trinajstić information content (AvgIpc) is 3.11. The summed E-state index contributed by atoms with van der Waals surface area (Å²) >= 11 is 6.01. The minimum absolute atomic E-state index is 0.167. The van der Waals surface area contributed by atoms with Gasteiger partial charge in [-0.2, -0.15) is 0 Å². The van der Waals surface area contributed by atoms with E-state index in [1.165, 1.54) is 23.1 Å². The van der Waals surface area contributed by atoms with E-state index in [4.69, 9.17) is 16.3 Å². The van der Waals surface area contributed by atoms with E-state index in [1.807, 2.05) is 37.8 Å². The van der Waals surface area contributed by atoms with Gasteiger partial charge in [-0.1, -0.05) is 48.0 Å². The summed E-state index contributed by atoms with van der Waals surface area (Å²) in [5.74, 6) is 0. The topological polar surface area (TPSA) is 32.8 Å². The molecule has 172 valence electrons. The Balaban J connectivity index is 1.30. The molecule has 0 saturated carbocycles. The van der Waals surface area contributed by atoms with Gasteiger partial charge >= 0.3 is 6.09 Å². The third-order valence-electron chi connectivity index (χ3n) is 6.71. The van der Waals surface area contributed by atoms with E-state index in [0.717, 1.165) is 57.0 Å². The first-order valence-corrected chi connectivity index (χ1v) is 12.1. The second-order valence-electron chi connectivity index (χ2n) is 10.6. The van der Waals surface area contributed by atoms with Crippen LogP contribution in [-0.4, -0.2) is 47.7 Å². The molecule has 2 aromatic rings. The number of halogens is 1. The Morgan fingerprint density at radius 2 is 1.62 bits per heavy atom. The van der Waals surface area contributed by atoms with E-state index in [-0.39, 0.29) is 6.09 Å². The summed E-state index contributed by atoms with van der Waals surface area (Å²) in [4.78, 5) is 16.9. The zero-order chi connectivity index (χ0) is 22.8. The lowest BCUT2D eigenvalue weighted by atomic mass is 9.78. The van der Waals surface area contributed by atoms with Crippen molar-refractivity contribution in [2.75, 3.05) is 26.2 Å². The Morgan fingerprint density at radius 3 is 2.31 bits per heavy atom. The molecule has 2 heterocycles. The van der Waals surface area contributed by atoms with Crippen molar-refractivity contribution in [1.29, 1.82) is 0 Å². The molecule has 2 fully saturated rings. The predicted octanol–water partition coefficient (Wildman–Crippen LogP) is 6.15. The van der Waals surface area contributed by atoms with Crippen LogP contribution in [0.15, 0.2) is 48.5 Å². The van der Waals surface area contributed by atoms with Crippen LogP contribution in [0.1, 0.15) is 56.7 Å². The summed E-state index contributed by atoms with van der Waals surface area (Å²) in [5, 5.41) is 0.780. The summed E-state index contributed by atoms with van der Waals surface area (Å²) in [6, 6.07) is 17.1. The molecule has 0 atom stereocenters. The van der Waals surface area contributed by atoms with E-state index in [0.29, 0.717) is 5.41 Å². The number of carbonyl (C=O) groups excluding carboxylic acids is 1. The highest BCUT2D eigenvalue weighted by atomic mass is 35.5. The number of benzene rings is 2. The first kappa shape index (κ1) is 23.1. The summed E-state index contributed by atoms with van der Waals surface area (Å²) in [7, 11) is 0. The lowest BCUT2D eigenvalue weighted by molar-refractivity contribution is 0.0109. The van der Waals surface area contributed by atoms with Gasteiger partial charge in [0, 0.05) is 31.2 Å². The van der Waals surface area contributed by atoms with Crippen molar-refractivity contribution < 1.29 is 9.53 Å². The molecule has 0 unspecified atom stereocenters. The molecule has 2 aliphatic heterocycles. The number of hydrogen-bond acceptors (Lipinski definition) is 3. The van der Waals surface area contributed by atoms with E-state index in [2.05, 4.69) is 41.3 Å². The number of carbonyl (C=O) groups is 1. The zero-order valence-electron chi connectivity index (χ0n) is 19.6. The largest absolute Gasteiger partial charge is 0.444 e. The molecular weight excluding hydrogens is 420 g/mol. The number of amides is 1. The van der Waals surface area contributed by atoms with Crippen molar-refractivity contribution in [2.45, 2.75) is 58.6 Å². The highest BCUT2D eigenvalue weighted by molar-refractivity contribution is 6.30. The fourth-order valence-electron chi connectivity index (χ4n) is 5.00. The van der Waals surface area contributed by atoms with E-state index < -0.39 is 5.60 Å². The third-order valence-corrected chi connectivity index (χ3v) is 6.96. The first-order chi connectivity index (χ1) is 15.2. The number of nitrogens with zero attached hydrogens (tertiary/aromatic N) is 2. The SMILES string of the molecule is CC(C)(C)OC(=O)N1CCC2(CCN(Cc3cccc(Cc4ccc(Cl)cc4)c3)C2)CC1. The Morgan fingerprint density at radius 1 is 0.969 bits per heavy atom. The van der Waals surface area contributed by atoms with Crippen LogP contribution >= 0.6 is 11.6 Å². The van der Waals surface area contributed by atoms with Crippen molar-refractivity contribution in [2.24, 2.45) is 5.41 Å². The molecule has 5 heteroatoms. The second-order valence-corrected chi connectivity index (χ2v) is 11.0. The lowest BCUT2D eigenvalue weighted by Gasteiger charge is -2.39. The van der Waals surface area contributed by atoms with Crippen LogP contribution < -0.4 is 0 Å². The molecule has 1 amide bonds. The van der Waals surface area contributed by atoms with Crippen LogP contribution in [0.25, 0.3) is 0 Å². The molecule has 4 nitrogen and oxygen atoms in total. The average molecular weight is 455 g/mol. The number of ether oxygens (including phenoxy) is 1. The van der Waals surface area contributed by atoms with Gasteiger partial charge in [-0.05, 0) is 87.2 Å². The summed E-state index contributed by atoms with van der Waals surface area (Å²) in [5.41, 5.74) is 3.91. The molecule has 4 rings (SSSR count). The van der Waals surface area contributed by atoms with Gasteiger partial charge < -0.3 is 9.64 Å². The van der Waals surface area contributed by atoms with Crippen molar-refractivity contribution in [3.05, 3.63) is 70.2 Å². The molecule has 0 aliphatic carbocycles. The molecule has 2 aromatic carbocycles. The van der Waals surface area contributed by atoms with Crippen LogP contribution in [0.2, 0.25) is 5.02 Å². The molecular formula is C27H35ClN2O2. The molecule has 32 heavy (non-hydrogen) atoms. The van der Waals surface area contributed by atoms with Gasteiger partial charge in [0.05, 0.1) is 0 Å². The zero-order valence-corrected chi connectivity index (χ0v) is 20.3. The van der Waals surface area contributed by atoms with E-state index >= 15 is 0 Å². The van der Waals surface area contributed by atoms with Gasteiger partial charge in [0.15, 0.2) is 0 Å². The normalized spacial score (nSPS) is 18.8. The molecule has 2 saturated heterocycles. The van der Waals surface area contributed by atoms with Gasteiger partial charge in [-0.3, -0.25) is 4.90 Å². The van der Waals surface area contributed by atoms with Crippen molar-refractivity contribution >= 4 is 17.7 Å². The monoisotopic (exact) mass is 454 g/mol. The van der Waals surface area contributed by atoms with Crippen LogP contribution in [0.5, 0.6) is 0 Å². The van der Waals surface area contributed by atoms with Crippen molar-refractivity contribution in [1.82, 2.24) is 9.80 Å². The second kappa shape index (κ2) is 9.44. The van der Waals surface area contributed by atoms with Gasteiger partial charge in [0.25, 0.3) is 0 Å². The standard InChI is InChI=1S/C27H35ClN2O2/c1-26(2,3)32-25(31)30-15-12-27(13-16-30)11-14-29(20-27)19-23-6-4-5-22(18-23)17-21-7-9-24(28)10-8-21/h4-10,18H,11-17,19-20H2,1-3H3. The van der Waals surface area contributed by atoms with E-state index in [9.17, 15) is 4.79 Å². The minimum atomic E-state index is -0.432. The highest BCUT2D eigenvalue weighted by Crippen LogP contribution is 2.41. The molecule has 0 radical (unpaired) electrons. The number of piperidine rings is 1. The van der Waals surface area contributed by atoms with Crippen molar-refractivity contribution in [3.63, 3.8) is 0 Å². The lowest BCUT2D eigenvalue weighted by Crippen LogP contribution is -2.46. The van der Waals surface area contributed by atoms with Gasteiger partial charge in [-0.15, -0.1) is 0 Å². The summed E-state index contributed by atoms with van der Waals surface area (Å²) in [6.45, 7) is 10.6. The summed E-state index contributed by atoms with van der Waals surface area (Å²) < 4.78 is 5.56. The van der Waals surface area contributed by atoms with Crippen LogP contribution in [0.4, 0.5) is 4.79 Å². The Hall–Kier alpha value is -2.04. The smallest absolute Gasteiger partial charge is 0.410 e. The Kier molecular flexibility index (Phi) is 6.83. The third kappa shape index (κ3) is 6.05. The fourth-order valence-corrected chi connectivity index (χ4v) is 5.12. The maximum atomic E-state index is 12.4. The predicted molar refractivity (Wildman–Crippen MR) is 130 cm³/mol.